The molecular weight excluding hydrogens is 322 g/mol. The van der Waals surface area contributed by atoms with Gasteiger partial charge in [0.2, 0.25) is 0 Å². The molecule has 0 bridgehead atoms. The molecule has 2 aromatic rings. The summed E-state index contributed by atoms with van der Waals surface area (Å²) < 4.78 is 0. The van der Waals surface area contributed by atoms with E-state index in [1.807, 2.05) is 30.3 Å². The van der Waals surface area contributed by atoms with Crippen LogP contribution in [0.1, 0.15) is 42.2 Å². The van der Waals surface area contributed by atoms with Crippen LogP contribution in [0.4, 0.5) is 5.69 Å². The van der Waals surface area contributed by atoms with Gasteiger partial charge in [-0.1, -0.05) is 43.5 Å². The van der Waals surface area contributed by atoms with Crippen LogP contribution in [0.5, 0.6) is 0 Å². The molecule has 1 aromatic carbocycles. The summed E-state index contributed by atoms with van der Waals surface area (Å²) in [5, 5.41) is 6.94. The maximum Gasteiger partial charge on any atom is 0.269 e. The third-order valence-electron chi connectivity index (χ3n) is 3.69. The van der Waals surface area contributed by atoms with Gasteiger partial charge in [-0.05, 0) is 42.7 Å². The Morgan fingerprint density at radius 3 is 2.83 bits per heavy atom. The van der Waals surface area contributed by atoms with Crippen molar-refractivity contribution in [3.05, 3.63) is 58.9 Å². The number of unbranched alkanes of at least 4 members (excludes halogenated alkanes) is 2. The van der Waals surface area contributed by atoms with Gasteiger partial charge in [0, 0.05) is 30.0 Å². The maximum atomic E-state index is 12.2. The molecule has 0 fully saturated rings. The molecule has 0 aliphatic heterocycles. The lowest BCUT2D eigenvalue weighted by atomic mass is 10.1. The second-order valence-corrected chi connectivity index (χ2v) is 6.14. The lowest BCUT2D eigenvalue weighted by molar-refractivity contribution is 0.0949. The van der Waals surface area contributed by atoms with Crippen LogP contribution in [0.3, 0.4) is 0 Å². The Kier molecular flexibility index (Phi) is 7.56. The number of hydrogen-bond donors (Lipinski definition) is 2. The molecule has 0 saturated heterocycles. The molecule has 1 aromatic heterocycles. The number of carbonyl (C=O) groups is 1. The molecule has 0 saturated carbocycles. The number of nitrogens with one attached hydrogen (secondary N) is 2. The van der Waals surface area contributed by atoms with E-state index in [1.54, 1.807) is 12.3 Å². The number of carbonyl (C=O) groups excluding carboxylic acids is 1. The van der Waals surface area contributed by atoms with Crippen molar-refractivity contribution >= 4 is 23.2 Å². The Morgan fingerprint density at radius 2 is 2.04 bits per heavy atom. The van der Waals surface area contributed by atoms with Gasteiger partial charge < -0.3 is 10.6 Å². The van der Waals surface area contributed by atoms with Crippen molar-refractivity contribution in [3.63, 3.8) is 0 Å². The van der Waals surface area contributed by atoms with Gasteiger partial charge in [0.15, 0.2) is 0 Å². The van der Waals surface area contributed by atoms with Gasteiger partial charge >= 0.3 is 0 Å². The van der Waals surface area contributed by atoms with E-state index in [-0.39, 0.29) is 5.91 Å². The van der Waals surface area contributed by atoms with Crippen molar-refractivity contribution in [1.29, 1.82) is 0 Å². The van der Waals surface area contributed by atoms with Crippen LogP contribution in [-0.2, 0) is 6.42 Å². The quantitative estimate of drug-likeness (QED) is 0.666. The Morgan fingerprint density at radius 1 is 1.17 bits per heavy atom. The minimum atomic E-state index is -0.158. The zero-order valence-electron chi connectivity index (χ0n) is 14.0. The maximum absolute atomic E-state index is 12.2. The van der Waals surface area contributed by atoms with Crippen molar-refractivity contribution in [2.75, 3.05) is 18.4 Å². The Balaban J connectivity index is 1.81. The number of rotatable bonds is 9. The lowest BCUT2D eigenvalue weighted by Gasteiger charge is -2.08. The number of halogens is 1. The fraction of sp³-hybridized carbons (Fsp3) is 0.368. The van der Waals surface area contributed by atoms with Crippen LogP contribution in [0, 0.1) is 0 Å². The van der Waals surface area contributed by atoms with Crippen molar-refractivity contribution in [3.8, 4) is 0 Å². The molecule has 0 aliphatic carbocycles. The van der Waals surface area contributed by atoms with E-state index in [0.29, 0.717) is 17.3 Å². The van der Waals surface area contributed by atoms with E-state index in [2.05, 4.69) is 22.5 Å². The van der Waals surface area contributed by atoms with Gasteiger partial charge in [-0.2, -0.15) is 0 Å². The molecule has 0 unspecified atom stereocenters. The Labute approximate surface area is 148 Å². The third-order valence-corrected chi connectivity index (χ3v) is 3.93. The van der Waals surface area contributed by atoms with Crippen molar-refractivity contribution < 1.29 is 4.79 Å². The van der Waals surface area contributed by atoms with Gasteiger partial charge in [-0.3, -0.25) is 9.78 Å². The first kappa shape index (κ1) is 18.3. The topological polar surface area (TPSA) is 54.0 Å². The van der Waals surface area contributed by atoms with Gasteiger partial charge in [0.05, 0.1) is 0 Å². The molecule has 4 nitrogen and oxygen atoms in total. The predicted molar refractivity (Wildman–Crippen MR) is 99.7 cm³/mol. The van der Waals surface area contributed by atoms with Crippen molar-refractivity contribution in [2.24, 2.45) is 0 Å². The summed E-state index contributed by atoms with van der Waals surface area (Å²) in [6, 6.07) is 11.3. The van der Waals surface area contributed by atoms with Crippen molar-refractivity contribution in [2.45, 2.75) is 32.6 Å². The molecule has 0 atom stereocenters. The molecule has 0 aliphatic rings. The molecule has 1 heterocycles. The smallest absolute Gasteiger partial charge is 0.269 e. The molecule has 2 rings (SSSR count). The number of aromatic nitrogens is 1. The Hall–Kier alpha value is -2.07. The molecule has 0 radical (unpaired) electrons. The average Bonchev–Trinajstić information content (AvgIpc) is 2.59. The second kappa shape index (κ2) is 9.93. The summed E-state index contributed by atoms with van der Waals surface area (Å²) in [5.74, 6) is -0.158. The van der Waals surface area contributed by atoms with E-state index in [1.165, 1.54) is 12.8 Å². The van der Waals surface area contributed by atoms with Crippen LogP contribution >= 0.6 is 11.6 Å². The molecule has 128 valence electrons. The first-order valence-electron chi connectivity index (χ1n) is 8.41. The number of benzene rings is 1. The van der Waals surface area contributed by atoms with E-state index >= 15 is 0 Å². The summed E-state index contributed by atoms with van der Waals surface area (Å²) in [5.41, 5.74) is 2.46. The van der Waals surface area contributed by atoms with Crippen LogP contribution in [0.2, 0.25) is 5.02 Å². The number of hydrogen-bond acceptors (Lipinski definition) is 3. The SMILES string of the molecule is CCCCCNc1ccnc(C(=O)NCCc2cccc(Cl)c2)c1. The van der Waals surface area contributed by atoms with Crippen molar-refractivity contribution in [1.82, 2.24) is 10.3 Å². The number of pyridine rings is 1. The summed E-state index contributed by atoms with van der Waals surface area (Å²) >= 11 is 5.96. The normalized spacial score (nSPS) is 10.4. The first-order chi connectivity index (χ1) is 11.7. The minimum Gasteiger partial charge on any atom is -0.385 e. The Bertz CT molecular complexity index is 661. The fourth-order valence-corrected chi connectivity index (χ4v) is 2.59. The summed E-state index contributed by atoms with van der Waals surface area (Å²) in [6.07, 6.45) is 5.92. The summed E-state index contributed by atoms with van der Waals surface area (Å²) in [7, 11) is 0. The highest BCUT2D eigenvalue weighted by atomic mass is 35.5. The number of nitrogens with zero attached hydrogens (tertiary/aromatic N) is 1. The zero-order chi connectivity index (χ0) is 17.2. The lowest BCUT2D eigenvalue weighted by Crippen LogP contribution is -2.26. The largest absolute Gasteiger partial charge is 0.385 e. The summed E-state index contributed by atoms with van der Waals surface area (Å²) in [6.45, 7) is 3.64. The number of amides is 1. The molecule has 5 heteroatoms. The minimum absolute atomic E-state index is 0.158. The molecular formula is C19H24ClN3O. The highest BCUT2D eigenvalue weighted by molar-refractivity contribution is 6.30. The first-order valence-corrected chi connectivity index (χ1v) is 8.79. The molecule has 0 spiro atoms. The van der Waals surface area contributed by atoms with E-state index in [4.69, 9.17) is 11.6 Å². The van der Waals surface area contributed by atoms with Gasteiger partial charge in [0.1, 0.15) is 5.69 Å². The zero-order valence-corrected chi connectivity index (χ0v) is 14.8. The van der Waals surface area contributed by atoms with Gasteiger partial charge in [0.25, 0.3) is 5.91 Å². The standard InChI is InChI=1S/C19H24ClN3O/c1-2-3-4-10-21-17-9-12-22-18(14-17)19(24)23-11-8-15-6-5-7-16(20)13-15/h5-7,9,12-14H,2-4,8,10-11H2,1H3,(H,21,22)(H,23,24). The van der Waals surface area contributed by atoms with Crippen LogP contribution < -0.4 is 10.6 Å². The van der Waals surface area contributed by atoms with E-state index in [0.717, 1.165) is 30.6 Å². The van der Waals surface area contributed by atoms with E-state index in [9.17, 15) is 4.79 Å². The predicted octanol–water partition coefficient (Wildman–Crippen LogP) is 4.31. The number of anilines is 1. The molecule has 1 amide bonds. The van der Waals surface area contributed by atoms with Gasteiger partial charge in [-0.15, -0.1) is 0 Å². The second-order valence-electron chi connectivity index (χ2n) is 5.70. The third kappa shape index (κ3) is 6.20. The van der Waals surface area contributed by atoms with Crippen LogP contribution in [-0.4, -0.2) is 24.0 Å². The van der Waals surface area contributed by atoms with E-state index < -0.39 is 0 Å². The van der Waals surface area contributed by atoms with Crippen LogP contribution in [0.25, 0.3) is 0 Å². The highest BCUT2D eigenvalue weighted by Crippen LogP contribution is 2.11. The van der Waals surface area contributed by atoms with Gasteiger partial charge in [-0.25, -0.2) is 0 Å². The average molecular weight is 346 g/mol. The summed E-state index contributed by atoms with van der Waals surface area (Å²) in [4.78, 5) is 16.4. The monoisotopic (exact) mass is 345 g/mol. The fourth-order valence-electron chi connectivity index (χ4n) is 2.38. The molecule has 2 N–H and O–H groups in total. The highest BCUT2D eigenvalue weighted by Gasteiger charge is 2.07. The van der Waals surface area contributed by atoms with Crippen LogP contribution in [0.15, 0.2) is 42.6 Å². The molecule has 24 heavy (non-hydrogen) atoms.